The van der Waals surface area contributed by atoms with Crippen LogP contribution in [-0.4, -0.2) is 10.7 Å². The van der Waals surface area contributed by atoms with Crippen molar-refractivity contribution in [2.75, 3.05) is 0 Å². The van der Waals surface area contributed by atoms with Gasteiger partial charge in [-0.1, -0.05) is 47.1 Å². The van der Waals surface area contributed by atoms with Crippen LogP contribution in [0.5, 0.6) is 0 Å². The van der Waals surface area contributed by atoms with Gasteiger partial charge in [-0.05, 0) is 73.5 Å². The molecule has 2 saturated carbocycles. The van der Waals surface area contributed by atoms with E-state index in [9.17, 15) is 5.11 Å². The Bertz CT molecular complexity index is 418. The summed E-state index contributed by atoms with van der Waals surface area (Å²) in [7, 11) is 0. The molecule has 0 aromatic heterocycles. The normalized spacial score (nSPS) is 39.6. The molecule has 0 aromatic carbocycles. The second kappa shape index (κ2) is 5.65. The maximum Gasteiger partial charge on any atom is 0.0797 e. The van der Waals surface area contributed by atoms with Gasteiger partial charge in [-0.15, -0.1) is 6.58 Å². The van der Waals surface area contributed by atoms with Gasteiger partial charge in [-0.3, -0.25) is 0 Å². The van der Waals surface area contributed by atoms with Gasteiger partial charge in [-0.25, -0.2) is 0 Å². The highest BCUT2D eigenvalue weighted by Gasteiger charge is 2.56. The molecule has 0 amide bonds. The zero-order valence-electron chi connectivity index (χ0n) is 15.8. The fourth-order valence-corrected chi connectivity index (χ4v) is 6.15. The zero-order chi connectivity index (χ0) is 16.8. The molecule has 0 aromatic rings. The van der Waals surface area contributed by atoms with Gasteiger partial charge in [0, 0.05) is 0 Å². The molecule has 0 bridgehead atoms. The predicted molar refractivity (Wildman–Crippen MR) is 95.8 cm³/mol. The van der Waals surface area contributed by atoms with Gasteiger partial charge in [0.15, 0.2) is 0 Å². The fraction of sp³-hybridized carbons (Fsp3) is 0.905. The summed E-state index contributed by atoms with van der Waals surface area (Å²) in [6.07, 6.45) is 10.5. The quantitative estimate of drug-likeness (QED) is 0.634. The van der Waals surface area contributed by atoms with E-state index in [1.165, 1.54) is 32.1 Å². The second-order valence-electron chi connectivity index (χ2n) is 10.1. The molecule has 2 aliphatic rings. The van der Waals surface area contributed by atoms with Crippen molar-refractivity contribution in [3.8, 4) is 0 Å². The van der Waals surface area contributed by atoms with Gasteiger partial charge in [0.05, 0.1) is 5.60 Å². The van der Waals surface area contributed by atoms with E-state index < -0.39 is 5.60 Å². The number of fused-ring (bicyclic) bond motifs is 1. The first-order chi connectivity index (χ1) is 9.95. The lowest BCUT2D eigenvalue weighted by atomic mass is 9.43. The van der Waals surface area contributed by atoms with E-state index in [4.69, 9.17) is 0 Å². The Morgan fingerprint density at radius 3 is 2.32 bits per heavy atom. The molecule has 2 unspecified atom stereocenters. The molecular weight excluding hydrogens is 268 g/mol. The van der Waals surface area contributed by atoms with Crippen LogP contribution in [0.1, 0.15) is 86.5 Å². The molecule has 1 nitrogen and oxygen atoms in total. The van der Waals surface area contributed by atoms with E-state index in [2.05, 4.69) is 41.2 Å². The average molecular weight is 307 g/mol. The van der Waals surface area contributed by atoms with Gasteiger partial charge in [0.2, 0.25) is 0 Å². The summed E-state index contributed by atoms with van der Waals surface area (Å²) in [5, 5.41) is 10.4. The molecule has 0 heterocycles. The van der Waals surface area contributed by atoms with E-state index in [1.54, 1.807) is 6.08 Å². The highest BCUT2D eigenvalue weighted by Crippen LogP contribution is 2.65. The summed E-state index contributed by atoms with van der Waals surface area (Å²) in [5.74, 6) is 1.53. The fourth-order valence-electron chi connectivity index (χ4n) is 6.15. The first-order valence-electron chi connectivity index (χ1n) is 9.31. The molecule has 0 radical (unpaired) electrons. The molecule has 0 saturated heterocycles. The van der Waals surface area contributed by atoms with Crippen molar-refractivity contribution in [3.63, 3.8) is 0 Å². The average Bonchev–Trinajstić information content (AvgIpc) is 2.35. The monoisotopic (exact) mass is 306 g/mol. The van der Waals surface area contributed by atoms with Gasteiger partial charge < -0.3 is 5.11 Å². The lowest BCUT2D eigenvalue weighted by Gasteiger charge is -2.62. The largest absolute Gasteiger partial charge is 0.386 e. The Kier molecular flexibility index (Phi) is 4.64. The molecule has 0 aliphatic heterocycles. The van der Waals surface area contributed by atoms with E-state index in [1.807, 2.05) is 6.92 Å². The Balaban J connectivity index is 2.28. The van der Waals surface area contributed by atoms with E-state index in [-0.39, 0.29) is 0 Å². The van der Waals surface area contributed by atoms with Crippen LogP contribution < -0.4 is 0 Å². The van der Waals surface area contributed by atoms with Gasteiger partial charge >= 0.3 is 0 Å². The lowest BCUT2D eigenvalue weighted by molar-refractivity contribution is -0.129. The number of hydrogen-bond acceptors (Lipinski definition) is 1. The van der Waals surface area contributed by atoms with Gasteiger partial charge in [0.25, 0.3) is 0 Å². The third kappa shape index (κ3) is 3.16. The Morgan fingerprint density at radius 1 is 1.09 bits per heavy atom. The smallest absolute Gasteiger partial charge is 0.0797 e. The number of rotatable bonds is 4. The van der Waals surface area contributed by atoms with Crippen molar-refractivity contribution >= 4 is 0 Å². The molecule has 4 atom stereocenters. The van der Waals surface area contributed by atoms with Crippen LogP contribution in [0.15, 0.2) is 12.7 Å². The SMILES string of the molecule is C=CC(C)(O)CC[C@H]1C(C)(C)CCC2C(C)(C)CCC[C@@]21C. The summed E-state index contributed by atoms with van der Waals surface area (Å²) in [6.45, 7) is 18.2. The maximum absolute atomic E-state index is 10.4. The highest BCUT2D eigenvalue weighted by molar-refractivity contribution is 5.06. The van der Waals surface area contributed by atoms with Crippen LogP contribution in [0.25, 0.3) is 0 Å². The first kappa shape index (κ1) is 18.0. The van der Waals surface area contributed by atoms with Crippen LogP contribution in [0, 0.1) is 28.1 Å². The van der Waals surface area contributed by atoms with Crippen molar-refractivity contribution in [2.24, 2.45) is 28.1 Å². The molecule has 22 heavy (non-hydrogen) atoms. The molecular formula is C21H38O. The third-order valence-corrected chi connectivity index (χ3v) is 7.47. The summed E-state index contributed by atoms with van der Waals surface area (Å²) in [5.41, 5.74) is 0.572. The predicted octanol–water partition coefficient (Wildman–Crippen LogP) is 5.97. The standard InChI is InChI=1S/C21H38O/c1-8-20(6,22)15-11-17-19(4,5)14-10-16-18(2,3)12-9-13-21(16,17)7/h8,16-17,22H,1,9-15H2,2-7H3/t16?,17-,20?,21-/m0/s1. The van der Waals surface area contributed by atoms with Crippen molar-refractivity contribution in [1.29, 1.82) is 0 Å². The summed E-state index contributed by atoms with van der Waals surface area (Å²) in [6, 6.07) is 0. The molecule has 2 fully saturated rings. The third-order valence-electron chi connectivity index (χ3n) is 7.47. The summed E-state index contributed by atoms with van der Waals surface area (Å²) < 4.78 is 0. The van der Waals surface area contributed by atoms with Crippen molar-refractivity contribution < 1.29 is 5.11 Å². The maximum atomic E-state index is 10.4. The minimum absolute atomic E-state index is 0.385. The first-order valence-corrected chi connectivity index (χ1v) is 9.31. The lowest BCUT2D eigenvalue weighted by Crippen LogP contribution is -2.54. The molecule has 1 heteroatoms. The molecule has 2 aliphatic carbocycles. The Morgan fingerprint density at radius 2 is 1.73 bits per heavy atom. The summed E-state index contributed by atoms with van der Waals surface area (Å²) in [4.78, 5) is 0. The Labute approximate surface area is 138 Å². The van der Waals surface area contributed by atoms with E-state index in [0.29, 0.717) is 22.2 Å². The van der Waals surface area contributed by atoms with Crippen molar-refractivity contribution in [3.05, 3.63) is 12.7 Å². The van der Waals surface area contributed by atoms with E-state index >= 15 is 0 Å². The van der Waals surface area contributed by atoms with Crippen molar-refractivity contribution in [2.45, 2.75) is 92.1 Å². The second-order valence-corrected chi connectivity index (χ2v) is 10.1. The van der Waals surface area contributed by atoms with Gasteiger partial charge in [0.1, 0.15) is 0 Å². The van der Waals surface area contributed by atoms with Crippen LogP contribution in [0.3, 0.4) is 0 Å². The summed E-state index contributed by atoms with van der Waals surface area (Å²) >= 11 is 0. The Hall–Kier alpha value is -0.300. The molecule has 0 spiro atoms. The molecule has 1 N–H and O–H groups in total. The van der Waals surface area contributed by atoms with Crippen LogP contribution in [0.4, 0.5) is 0 Å². The van der Waals surface area contributed by atoms with Crippen LogP contribution in [0.2, 0.25) is 0 Å². The topological polar surface area (TPSA) is 20.2 Å². The van der Waals surface area contributed by atoms with Gasteiger partial charge in [-0.2, -0.15) is 0 Å². The minimum atomic E-state index is -0.719. The van der Waals surface area contributed by atoms with Crippen LogP contribution >= 0.6 is 0 Å². The van der Waals surface area contributed by atoms with E-state index in [0.717, 1.165) is 18.8 Å². The highest BCUT2D eigenvalue weighted by atomic mass is 16.3. The molecule has 2 rings (SSSR count). The number of aliphatic hydroxyl groups is 1. The van der Waals surface area contributed by atoms with Crippen LogP contribution in [-0.2, 0) is 0 Å². The van der Waals surface area contributed by atoms with Crippen molar-refractivity contribution in [1.82, 2.24) is 0 Å². The number of hydrogen-bond donors (Lipinski definition) is 1. The molecule has 128 valence electrons. The zero-order valence-corrected chi connectivity index (χ0v) is 15.8. The minimum Gasteiger partial charge on any atom is -0.386 e.